The fourth-order valence-electron chi connectivity index (χ4n) is 3.06. The summed E-state index contributed by atoms with van der Waals surface area (Å²) >= 11 is 0. The van der Waals surface area contributed by atoms with Crippen LogP contribution in [0, 0.1) is 13.8 Å². The van der Waals surface area contributed by atoms with Gasteiger partial charge in [0.1, 0.15) is 0 Å². The van der Waals surface area contributed by atoms with Crippen LogP contribution < -0.4 is 11.5 Å². The molecular formula is C22H20N2O2. The summed E-state index contributed by atoms with van der Waals surface area (Å²) in [7, 11) is 0. The summed E-state index contributed by atoms with van der Waals surface area (Å²) in [5.41, 5.74) is 16.8. The van der Waals surface area contributed by atoms with Gasteiger partial charge in [0.15, 0.2) is 0 Å². The summed E-state index contributed by atoms with van der Waals surface area (Å²) in [6.07, 6.45) is 0. The number of nitrogens with two attached hydrogens (primary N) is 2. The highest BCUT2D eigenvalue weighted by atomic mass is 16.2. The van der Waals surface area contributed by atoms with Crippen LogP contribution in [0.15, 0.2) is 60.7 Å². The summed E-state index contributed by atoms with van der Waals surface area (Å²) in [4.78, 5) is 24.1. The van der Waals surface area contributed by atoms with Crippen LogP contribution in [0.1, 0.15) is 31.8 Å². The van der Waals surface area contributed by atoms with E-state index < -0.39 is 11.8 Å². The lowest BCUT2D eigenvalue weighted by molar-refractivity contribution is 0.0968. The van der Waals surface area contributed by atoms with Gasteiger partial charge in [-0.15, -0.1) is 0 Å². The molecule has 0 aliphatic rings. The summed E-state index contributed by atoms with van der Waals surface area (Å²) in [5, 5.41) is 0. The van der Waals surface area contributed by atoms with Crippen molar-refractivity contribution < 1.29 is 9.59 Å². The summed E-state index contributed by atoms with van der Waals surface area (Å²) in [6.45, 7) is 4.00. The smallest absolute Gasteiger partial charge is 0.250 e. The molecule has 0 bridgehead atoms. The minimum atomic E-state index is -0.678. The number of primary amides is 2. The van der Waals surface area contributed by atoms with Crippen LogP contribution in [0.5, 0.6) is 0 Å². The molecule has 0 radical (unpaired) electrons. The summed E-state index contributed by atoms with van der Waals surface area (Å²) in [5.74, 6) is -1.36. The van der Waals surface area contributed by atoms with E-state index in [1.807, 2.05) is 68.4 Å². The van der Waals surface area contributed by atoms with Gasteiger partial charge in [0.05, 0.1) is 11.1 Å². The monoisotopic (exact) mass is 344 g/mol. The zero-order chi connectivity index (χ0) is 18.8. The SMILES string of the molecule is Cc1ccc(-c2ccc(C(N)=O)c(C(N)=O)c2-c2ccc(C)cc2)cc1. The second kappa shape index (κ2) is 6.84. The Labute approximate surface area is 152 Å². The maximum absolute atomic E-state index is 12.2. The van der Waals surface area contributed by atoms with E-state index in [2.05, 4.69) is 0 Å². The normalized spacial score (nSPS) is 10.5. The van der Waals surface area contributed by atoms with Gasteiger partial charge in [0.2, 0.25) is 11.8 Å². The van der Waals surface area contributed by atoms with E-state index in [1.54, 1.807) is 6.07 Å². The number of benzene rings is 3. The van der Waals surface area contributed by atoms with Gasteiger partial charge in [-0.3, -0.25) is 9.59 Å². The highest BCUT2D eigenvalue weighted by molar-refractivity contribution is 6.12. The topological polar surface area (TPSA) is 86.2 Å². The second-order valence-corrected chi connectivity index (χ2v) is 6.37. The maximum atomic E-state index is 12.2. The first-order valence-corrected chi connectivity index (χ1v) is 8.29. The number of hydrogen-bond donors (Lipinski definition) is 2. The molecule has 130 valence electrons. The van der Waals surface area contributed by atoms with E-state index in [0.717, 1.165) is 27.8 Å². The number of carbonyl (C=O) groups excluding carboxylic acids is 2. The van der Waals surface area contributed by atoms with Crippen molar-refractivity contribution in [2.24, 2.45) is 11.5 Å². The molecule has 4 heteroatoms. The number of rotatable bonds is 4. The molecule has 0 unspecified atom stereocenters. The zero-order valence-electron chi connectivity index (χ0n) is 14.7. The van der Waals surface area contributed by atoms with Gasteiger partial charge in [-0.1, -0.05) is 65.7 Å². The third-order valence-corrected chi connectivity index (χ3v) is 4.42. The highest BCUT2D eigenvalue weighted by Crippen LogP contribution is 2.37. The molecule has 2 amide bonds. The van der Waals surface area contributed by atoms with Gasteiger partial charge in [-0.25, -0.2) is 0 Å². The van der Waals surface area contributed by atoms with Gasteiger partial charge in [0.25, 0.3) is 0 Å². The molecule has 4 N–H and O–H groups in total. The van der Waals surface area contributed by atoms with Crippen molar-refractivity contribution in [3.8, 4) is 22.3 Å². The van der Waals surface area contributed by atoms with Gasteiger partial charge >= 0.3 is 0 Å². The van der Waals surface area contributed by atoms with E-state index in [-0.39, 0.29) is 11.1 Å². The van der Waals surface area contributed by atoms with Crippen LogP contribution in [-0.2, 0) is 0 Å². The van der Waals surface area contributed by atoms with Crippen molar-refractivity contribution in [3.63, 3.8) is 0 Å². The molecule has 0 heterocycles. The second-order valence-electron chi connectivity index (χ2n) is 6.37. The molecule has 0 aromatic heterocycles. The molecule has 0 saturated carbocycles. The first-order valence-electron chi connectivity index (χ1n) is 8.29. The lowest BCUT2D eigenvalue weighted by Crippen LogP contribution is -2.22. The van der Waals surface area contributed by atoms with E-state index in [0.29, 0.717) is 5.56 Å². The standard InChI is InChI=1S/C22H20N2O2/c1-13-3-7-15(8-4-13)17-11-12-18(21(23)25)20(22(24)26)19(17)16-9-5-14(2)6-10-16/h3-12H,1-2H3,(H2,23,25)(H2,24,26). The fraction of sp³-hybridized carbons (Fsp3) is 0.0909. The molecular weight excluding hydrogens is 324 g/mol. The Morgan fingerprint density at radius 1 is 0.654 bits per heavy atom. The minimum absolute atomic E-state index is 0.129. The molecule has 0 atom stereocenters. The van der Waals surface area contributed by atoms with Crippen molar-refractivity contribution in [2.75, 3.05) is 0 Å². The van der Waals surface area contributed by atoms with Crippen molar-refractivity contribution in [1.29, 1.82) is 0 Å². The van der Waals surface area contributed by atoms with E-state index in [9.17, 15) is 9.59 Å². The lowest BCUT2D eigenvalue weighted by atomic mass is 9.86. The van der Waals surface area contributed by atoms with Gasteiger partial charge in [-0.05, 0) is 36.6 Å². The van der Waals surface area contributed by atoms with Gasteiger partial charge in [-0.2, -0.15) is 0 Å². The Morgan fingerprint density at radius 3 is 1.62 bits per heavy atom. The predicted octanol–water partition coefficient (Wildman–Crippen LogP) is 3.84. The van der Waals surface area contributed by atoms with Crippen molar-refractivity contribution in [2.45, 2.75) is 13.8 Å². The number of amides is 2. The average Bonchev–Trinajstić information content (AvgIpc) is 2.61. The third kappa shape index (κ3) is 3.22. The Hall–Kier alpha value is -3.40. The number of aryl methyl sites for hydroxylation is 2. The first-order chi connectivity index (χ1) is 12.4. The molecule has 0 aliphatic carbocycles. The summed E-state index contributed by atoms with van der Waals surface area (Å²) in [6, 6.07) is 19.1. The Morgan fingerprint density at radius 2 is 1.15 bits per heavy atom. The maximum Gasteiger partial charge on any atom is 0.250 e. The highest BCUT2D eigenvalue weighted by Gasteiger charge is 2.22. The minimum Gasteiger partial charge on any atom is -0.366 e. The molecule has 4 nitrogen and oxygen atoms in total. The predicted molar refractivity (Wildman–Crippen MR) is 104 cm³/mol. The van der Waals surface area contributed by atoms with Crippen LogP contribution in [0.25, 0.3) is 22.3 Å². The third-order valence-electron chi connectivity index (χ3n) is 4.42. The van der Waals surface area contributed by atoms with Crippen molar-refractivity contribution in [3.05, 3.63) is 82.9 Å². The van der Waals surface area contributed by atoms with Gasteiger partial charge < -0.3 is 11.5 Å². The van der Waals surface area contributed by atoms with Crippen molar-refractivity contribution >= 4 is 11.8 Å². The van der Waals surface area contributed by atoms with Crippen LogP contribution in [0.4, 0.5) is 0 Å². The first kappa shape index (κ1) is 17.4. The van der Waals surface area contributed by atoms with Crippen LogP contribution in [0.2, 0.25) is 0 Å². The molecule has 0 spiro atoms. The molecule has 3 aromatic carbocycles. The Kier molecular flexibility index (Phi) is 4.59. The van der Waals surface area contributed by atoms with Crippen molar-refractivity contribution in [1.82, 2.24) is 0 Å². The molecule has 3 rings (SSSR count). The van der Waals surface area contributed by atoms with Crippen LogP contribution in [0.3, 0.4) is 0 Å². The Balaban J connectivity index is 2.39. The van der Waals surface area contributed by atoms with E-state index in [4.69, 9.17) is 11.5 Å². The average molecular weight is 344 g/mol. The lowest BCUT2D eigenvalue weighted by Gasteiger charge is -2.17. The molecule has 0 aliphatic heterocycles. The van der Waals surface area contributed by atoms with Gasteiger partial charge in [0, 0.05) is 5.56 Å². The molecule has 3 aromatic rings. The van der Waals surface area contributed by atoms with E-state index in [1.165, 1.54) is 0 Å². The van der Waals surface area contributed by atoms with Crippen LogP contribution >= 0.6 is 0 Å². The summed E-state index contributed by atoms with van der Waals surface area (Å²) < 4.78 is 0. The Bertz CT molecular complexity index is 988. The van der Waals surface area contributed by atoms with Crippen LogP contribution in [-0.4, -0.2) is 11.8 Å². The van der Waals surface area contributed by atoms with E-state index >= 15 is 0 Å². The fourth-order valence-corrected chi connectivity index (χ4v) is 3.06. The molecule has 0 fully saturated rings. The quantitative estimate of drug-likeness (QED) is 0.753. The number of hydrogen-bond acceptors (Lipinski definition) is 2. The number of carbonyl (C=O) groups is 2. The molecule has 0 saturated heterocycles. The largest absolute Gasteiger partial charge is 0.366 e. The molecule has 26 heavy (non-hydrogen) atoms. The zero-order valence-corrected chi connectivity index (χ0v) is 14.7.